The van der Waals surface area contributed by atoms with Crippen LogP contribution in [0.2, 0.25) is 0 Å². The first kappa shape index (κ1) is 12.2. The summed E-state index contributed by atoms with van der Waals surface area (Å²) in [6, 6.07) is 6.58. The minimum atomic E-state index is -1.44. The fourth-order valence-electron chi connectivity index (χ4n) is 1.16. The summed E-state index contributed by atoms with van der Waals surface area (Å²) in [5.41, 5.74) is 0.268. The Kier molecular flexibility index (Phi) is 3.98. The van der Waals surface area contributed by atoms with Gasteiger partial charge in [0.25, 0.3) is 5.91 Å². The summed E-state index contributed by atoms with van der Waals surface area (Å²) in [7, 11) is 0. The highest BCUT2D eigenvalue weighted by molar-refractivity contribution is 5.96. The van der Waals surface area contributed by atoms with E-state index < -0.39 is 24.5 Å². The standard InChI is InChI=1S/C10H12N2O4/c11-12(8(6-13)10(15)16)9(14)7-4-2-1-3-5-7/h1-5,8,13H,6,11H2,(H,15,16). The highest BCUT2D eigenvalue weighted by Crippen LogP contribution is 2.04. The topological polar surface area (TPSA) is 104 Å². The lowest BCUT2D eigenvalue weighted by molar-refractivity contribution is -0.143. The van der Waals surface area contributed by atoms with Crippen LogP contribution in [0.5, 0.6) is 0 Å². The number of aliphatic hydroxyl groups is 1. The zero-order valence-electron chi connectivity index (χ0n) is 8.41. The molecule has 0 fully saturated rings. The number of aliphatic carboxylic acids is 1. The molecule has 1 unspecified atom stereocenters. The van der Waals surface area contributed by atoms with Gasteiger partial charge in [0.2, 0.25) is 0 Å². The van der Waals surface area contributed by atoms with Gasteiger partial charge in [0.15, 0.2) is 6.04 Å². The monoisotopic (exact) mass is 224 g/mol. The van der Waals surface area contributed by atoms with Crippen molar-refractivity contribution in [2.45, 2.75) is 6.04 Å². The maximum absolute atomic E-state index is 11.7. The van der Waals surface area contributed by atoms with E-state index in [1.165, 1.54) is 12.1 Å². The van der Waals surface area contributed by atoms with Crippen molar-refractivity contribution in [3.8, 4) is 0 Å². The first-order chi connectivity index (χ1) is 7.57. The molecule has 0 heterocycles. The molecule has 0 bridgehead atoms. The van der Waals surface area contributed by atoms with Crippen LogP contribution in [0.25, 0.3) is 0 Å². The molecular weight excluding hydrogens is 212 g/mol. The van der Waals surface area contributed by atoms with Gasteiger partial charge in [-0.15, -0.1) is 0 Å². The second kappa shape index (κ2) is 5.24. The van der Waals surface area contributed by atoms with Gasteiger partial charge in [-0.2, -0.15) is 0 Å². The van der Waals surface area contributed by atoms with Gasteiger partial charge in [-0.25, -0.2) is 10.6 Å². The number of rotatable bonds is 4. The van der Waals surface area contributed by atoms with Gasteiger partial charge in [-0.1, -0.05) is 18.2 Å². The molecule has 16 heavy (non-hydrogen) atoms. The molecule has 0 aliphatic carbocycles. The molecule has 1 aromatic carbocycles. The number of hydrazine groups is 1. The van der Waals surface area contributed by atoms with Crippen LogP contribution in [-0.4, -0.2) is 39.7 Å². The Balaban J connectivity index is 2.86. The van der Waals surface area contributed by atoms with E-state index in [1.54, 1.807) is 18.2 Å². The number of carbonyl (C=O) groups is 2. The number of amides is 1. The third-order valence-corrected chi connectivity index (χ3v) is 2.05. The summed E-state index contributed by atoms with van der Waals surface area (Å²) in [6.07, 6.45) is 0. The van der Waals surface area contributed by atoms with Crippen LogP contribution >= 0.6 is 0 Å². The Morgan fingerprint density at radius 1 is 1.31 bits per heavy atom. The van der Waals surface area contributed by atoms with Crippen molar-refractivity contribution in [3.63, 3.8) is 0 Å². The van der Waals surface area contributed by atoms with E-state index in [4.69, 9.17) is 16.1 Å². The van der Waals surface area contributed by atoms with Crippen LogP contribution in [0.1, 0.15) is 10.4 Å². The fourth-order valence-corrected chi connectivity index (χ4v) is 1.16. The van der Waals surface area contributed by atoms with E-state index in [-0.39, 0.29) is 5.56 Å². The molecule has 0 aliphatic rings. The molecule has 1 atom stereocenters. The lowest BCUT2D eigenvalue weighted by Gasteiger charge is -2.22. The smallest absolute Gasteiger partial charge is 0.330 e. The van der Waals surface area contributed by atoms with Gasteiger partial charge in [-0.3, -0.25) is 9.80 Å². The number of aliphatic hydroxyl groups excluding tert-OH is 1. The number of nitrogens with zero attached hydrogens (tertiary/aromatic N) is 1. The normalized spacial score (nSPS) is 11.9. The predicted octanol–water partition coefficient (Wildman–Crippen LogP) is -0.552. The van der Waals surface area contributed by atoms with Crippen molar-refractivity contribution in [3.05, 3.63) is 35.9 Å². The Bertz CT molecular complexity index is 380. The number of benzene rings is 1. The van der Waals surface area contributed by atoms with Crippen molar-refractivity contribution < 1.29 is 19.8 Å². The molecular formula is C10H12N2O4. The van der Waals surface area contributed by atoms with Crippen molar-refractivity contribution >= 4 is 11.9 Å². The number of nitrogens with two attached hydrogens (primary N) is 1. The number of hydrogen-bond donors (Lipinski definition) is 3. The second-order valence-electron chi connectivity index (χ2n) is 3.12. The summed E-state index contributed by atoms with van der Waals surface area (Å²) < 4.78 is 0. The second-order valence-corrected chi connectivity index (χ2v) is 3.12. The zero-order valence-corrected chi connectivity index (χ0v) is 8.41. The first-order valence-corrected chi connectivity index (χ1v) is 4.55. The molecule has 0 saturated heterocycles. The Labute approximate surface area is 91.9 Å². The van der Waals surface area contributed by atoms with E-state index in [9.17, 15) is 9.59 Å². The SMILES string of the molecule is NN(C(=O)c1ccccc1)C(CO)C(=O)O. The van der Waals surface area contributed by atoms with Gasteiger partial charge in [-0.05, 0) is 12.1 Å². The minimum absolute atomic E-state index is 0.268. The van der Waals surface area contributed by atoms with Gasteiger partial charge in [0.05, 0.1) is 6.61 Å². The molecule has 0 spiro atoms. The highest BCUT2D eigenvalue weighted by atomic mass is 16.4. The van der Waals surface area contributed by atoms with E-state index in [1.807, 2.05) is 0 Å². The summed E-state index contributed by atoms with van der Waals surface area (Å²) >= 11 is 0. The number of hydrogen-bond acceptors (Lipinski definition) is 4. The number of carbonyl (C=O) groups excluding carboxylic acids is 1. The number of carboxylic acids is 1. The summed E-state index contributed by atoms with van der Waals surface area (Å²) in [5.74, 6) is 3.34. The molecule has 1 aromatic rings. The van der Waals surface area contributed by atoms with Gasteiger partial charge in [0.1, 0.15) is 0 Å². The Morgan fingerprint density at radius 3 is 2.31 bits per heavy atom. The third kappa shape index (κ3) is 2.56. The minimum Gasteiger partial charge on any atom is -0.480 e. The Morgan fingerprint density at radius 2 is 1.88 bits per heavy atom. The fraction of sp³-hybridized carbons (Fsp3) is 0.200. The van der Waals surface area contributed by atoms with Crippen LogP contribution in [0, 0.1) is 0 Å². The van der Waals surface area contributed by atoms with Crippen LogP contribution in [-0.2, 0) is 4.79 Å². The lowest BCUT2D eigenvalue weighted by atomic mass is 10.2. The molecule has 86 valence electrons. The maximum atomic E-state index is 11.7. The highest BCUT2D eigenvalue weighted by Gasteiger charge is 2.27. The van der Waals surface area contributed by atoms with Gasteiger partial charge < -0.3 is 10.2 Å². The molecule has 4 N–H and O–H groups in total. The van der Waals surface area contributed by atoms with Crippen LogP contribution < -0.4 is 5.84 Å². The zero-order chi connectivity index (χ0) is 12.1. The molecule has 6 heteroatoms. The quantitative estimate of drug-likeness (QED) is 0.361. The van der Waals surface area contributed by atoms with Gasteiger partial charge >= 0.3 is 5.97 Å². The largest absolute Gasteiger partial charge is 0.480 e. The average molecular weight is 224 g/mol. The van der Waals surface area contributed by atoms with E-state index in [0.717, 1.165) is 0 Å². The average Bonchev–Trinajstić information content (AvgIpc) is 2.29. The van der Waals surface area contributed by atoms with E-state index >= 15 is 0 Å². The van der Waals surface area contributed by atoms with Crippen molar-refractivity contribution in [1.82, 2.24) is 5.01 Å². The predicted molar refractivity (Wildman–Crippen MR) is 55.3 cm³/mol. The summed E-state index contributed by atoms with van der Waals surface area (Å²) in [6.45, 7) is -0.732. The van der Waals surface area contributed by atoms with Crippen molar-refractivity contribution in [2.75, 3.05) is 6.61 Å². The molecule has 1 amide bonds. The van der Waals surface area contributed by atoms with Crippen LogP contribution in [0.3, 0.4) is 0 Å². The van der Waals surface area contributed by atoms with Crippen molar-refractivity contribution in [1.29, 1.82) is 0 Å². The Hall–Kier alpha value is -1.92. The van der Waals surface area contributed by atoms with Crippen LogP contribution in [0.4, 0.5) is 0 Å². The molecule has 0 radical (unpaired) electrons. The third-order valence-electron chi connectivity index (χ3n) is 2.05. The van der Waals surface area contributed by atoms with Gasteiger partial charge in [0, 0.05) is 5.56 Å². The van der Waals surface area contributed by atoms with Crippen molar-refractivity contribution in [2.24, 2.45) is 5.84 Å². The van der Waals surface area contributed by atoms with Crippen LogP contribution in [0.15, 0.2) is 30.3 Å². The maximum Gasteiger partial charge on any atom is 0.330 e. The van der Waals surface area contributed by atoms with E-state index in [0.29, 0.717) is 5.01 Å². The molecule has 6 nitrogen and oxygen atoms in total. The number of carboxylic acid groups (broad SMARTS) is 1. The summed E-state index contributed by atoms with van der Waals surface area (Å²) in [4.78, 5) is 22.3. The van der Waals surface area contributed by atoms with E-state index in [2.05, 4.69) is 0 Å². The molecule has 0 saturated carbocycles. The lowest BCUT2D eigenvalue weighted by Crippen LogP contribution is -2.51. The first-order valence-electron chi connectivity index (χ1n) is 4.55. The molecule has 1 rings (SSSR count). The summed E-state index contributed by atoms with van der Waals surface area (Å²) in [5, 5.41) is 18.0. The molecule has 0 aliphatic heterocycles. The molecule has 0 aromatic heterocycles.